The summed E-state index contributed by atoms with van der Waals surface area (Å²) < 4.78 is 4.60. The van der Waals surface area contributed by atoms with Gasteiger partial charge < -0.3 is 30.3 Å². The van der Waals surface area contributed by atoms with Gasteiger partial charge in [-0.2, -0.15) is 0 Å². The molecule has 0 aliphatic heterocycles. The van der Waals surface area contributed by atoms with Gasteiger partial charge in [0.1, 0.15) is 30.5 Å². The zero-order chi connectivity index (χ0) is 12.9. The molecular formula is C9H20CaO7. The van der Waals surface area contributed by atoms with Crippen molar-refractivity contribution in [2.45, 2.75) is 44.4 Å². The Balaban J connectivity index is 0. The summed E-state index contributed by atoms with van der Waals surface area (Å²) in [4.78, 5) is 10.9. The second-order valence-electron chi connectivity index (χ2n) is 3.55. The summed E-state index contributed by atoms with van der Waals surface area (Å²) in [7, 11) is 0. The van der Waals surface area contributed by atoms with Crippen LogP contribution in [0.2, 0.25) is 0 Å². The van der Waals surface area contributed by atoms with Crippen molar-refractivity contribution in [1.82, 2.24) is 0 Å². The monoisotopic (exact) mass is 280 g/mol. The number of aliphatic hydroxyl groups is 5. The van der Waals surface area contributed by atoms with Gasteiger partial charge in [0.05, 0.1) is 6.61 Å². The molecule has 5 atom stereocenters. The molecule has 0 amide bonds. The van der Waals surface area contributed by atoms with Gasteiger partial charge in [0.2, 0.25) is 0 Å². The van der Waals surface area contributed by atoms with E-state index in [2.05, 4.69) is 4.74 Å². The first-order valence-corrected chi connectivity index (χ1v) is 4.84. The Bertz CT molecular complexity index is 223. The topological polar surface area (TPSA) is 127 Å². The molecule has 100 valence electrons. The maximum absolute atomic E-state index is 10.9. The van der Waals surface area contributed by atoms with Crippen molar-refractivity contribution in [2.75, 3.05) is 6.61 Å². The zero-order valence-corrected chi connectivity index (χ0v) is 9.15. The van der Waals surface area contributed by atoms with Gasteiger partial charge >= 0.3 is 43.7 Å². The van der Waals surface area contributed by atoms with Crippen molar-refractivity contribution in [3.63, 3.8) is 0 Å². The number of esters is 1. The molecule has 0 fully saturated rings. The van der Waals surface area contributed by atoms with Crippen LogP contribution >= 0.6 is 0 Å². The number of ether oxygens (including phenoxy) is 1. The standard InChI is InChI=1S/C9H18O7.Ca.2H/c1-4(11)9(15)16-5(2)7(13)8(14)6(12)3-10;;;/h4-8,10-14H,3H2,1-2H3;;;/t4?,5-,6+,7+,8+;;;/m0.../s1. The van der Waals surface area contributed by atoms with E-state index in [0.29, 0.717) is 0 Å². The SMILES string of the molecule is CC(O)C(=O)O[C@@H](C)[C@@H](O)[C@H](O)[C@H](O)CO.[CaH2]. The number of carbonyl (C=O) groups excluding carboxylic acids is 1. The minimum atomic E-state index is -1.64. The molecule has 1 unspecified atom stereocenters. The van der Waals surface area contributed by atoms with Crippen LogP contribution in [-0.2, 0) is 9.53 Å². The maximum atomic E-state index is 10.9. The summed E-state index contributed by atoms with van der Waals surface area (Å²) in [5.74, 6) is -0.947. The number of carbonyl (C=O) groups is 1. The molecule has 0 bridgehead atoms. The van der Waals surface area contributed by atoms with Gasteiger partial charge in [-0.25, -0.2) is 4.79 Å². The van der Waals surface area contributed by atoms with Crippen LogP contribution in [0.5, 0.6) is 0 Å². The second-order valence-corrected chi connectivity index (χ2v) is 3.55. The third kappa shape index (κ3) is 6.87. The number of hydrogen-bond donors (Lipinski definition) is 5. The van der Waals surface area contributed by atoms with E-state index < -0.39 is 43.1 Å². The average Bonchev–Trinajstić information content (AvgIpc) is 2.25. The number of hydrogen-bond acceptors (Lipinski definition) is 7. The van der Waals surface area contributed by atoms with E-state index in [4.69, 9.17) is 15.3 Å². The molecule has 0 aliphatic rings. The van der Waals surface area contributed by atoms with Gasteiger partial charge in [0.25, 0.3) is 0 Å². The molecule has 0 spiro atoms. The van der Waals surface area contributed by atoms with Crippen molar-refractivity contribution in [2.24, 2.45) is 0 Å². The molecule has 8 heteroatoms. The third-order valence-electron chi connectivity index (χ3n) is 2.06. The van der Waals surface area contributed by atoms with E-state index >= 15 is 0 Å². The van der Waals surface area contributed by atoms with E-state index in [-0.39, 0.29) is 37.7 Å². The van der Waals surface area contributed by atoms with E-state index in [1.165, 1.54) is 13.8 Å². The Morgan fingerprint density at radius 3 is 1.94 bits per heavy atom. The Hall–Kier alpha value is 0.530. The molecular weight excluding hydrogens is 260 g/mol. The molecule has 0 rings (SSSR count). The number of rotatable bonds is 6. The Morgan fingerprint density at radius 1 is 1.12 bits per heavy atom. The molecule has 0 aliphatic carbocycles. The van der Waals surface area contributed by atoms with E-state index in [0.717, 1.165) is 0 Å². The predicted molar refractivity (Wildman–Crippen MR) is 60.9 cm³/mol. The first-order chi connectivity index (χ1) is 7.31. The Labute approximate surface area is 129 Å². The van der Waals surface area contributed by atoms with Crippen LogP contribution in [0.15, 0.2) is 0 Å². The molecule has 5 N–H and O–H groups in total. The first-order valence-electron chi connectivity index (χ1n) is 4.84. The summed E-state index contributed by atoms with van der Waals surface area (Å²) in [6.45, 7) is 1.76. The normalized spacial score (nSPS) is 19.5. The minimum absolute atomic E-state index is 0. The van der Waals surface area contributed by atoms with Crippen LogP contribution in [0.4, 0.5) is 0 Å². The van der Waals surface area contributed by atoms with Crippen molar-refractivity contribution in [3.05, 3.63) is 0 Å². The Kier molecular flexibility index (Phi) is 11.0. The number of aliphatic hydroxyl groups excluding tert-OH is 5. The Morgan fingerprint density at radius 2 is 1.59 bits per heavy atom. The average molecular weight is 280 g/mol. The van der Waals surface area contributed by atoms with Gasteiger partial charge in [0, 0.05) is 0 Å². The van der Waals surface area contributed by atoms with Crippen molar-refractivity contribution >= 4 is 43.7 Å². The van der Waals surface area contributed by atoms with Crippen LogP contribution < -0.4 is 0 Å². The molecule has 0 aromatic rings. The van der Waals surface area contributed by atoms with Gasteiger partial charge in [-0.15, -0.1) is 0 Å². The molecule has 0 saturated heterocycles. The second kappa shape index (κ2) is 9.46. The summed E-state index contributed by atoms with van der Waals surface area (Å²) in [5.41, 5.74) is 0. The van der Waals surface area contributed by atoms with Gasteiger partial charge in [0.15, 0.2) is 0 Å². The van der Waals surface area contributed by atoms with Crippen molar-refractivity contribution < 1.29 is 35.1 Å². The fourth-order valence-electron chi connectivity index (χ4n) is 0.965. The van der Waals surface area contributed by atoms with Crippen molar-refractivity contribution in [3.8, 4) is 0 Å². The van der Waals surface area contributed by atoms with Crippen LogP contribution in [-0.4, -0.2) is 106 Å². The van der Waals surface area contributed by atoms with Gasteiger partial charge in [-0.3, -0.25) is 0 Å². The van der Waals surface area contributed by atoms with Gasteiger partial charge in [-0.05, 0) is 13.8 Å². The summed E-state index contributed by atoms with van der Waals surface area (Å²) >= 11 is 0. The predicted octanol–water partition coefficient (Wildman–Crippen LogP) is -3.54. The van der Waals surface area contributed by atoms with E-state index in [1.807, 2.05) is 0 Å². The summed E-state index contributed by atoms with van der Waals surface area (Å²) in [6, 6.07) is 0. The molecule has 0 heterocycles. The summed E-state index contributed by atoms with van der Waals surface area (Å²) in [6.07, 6.45) is -7.16. The molecule has 7 nitrogen and oxygen atoms in total. The van der Waals surface area contributed by atoms with Crippen LogP contribution in [0.3, 0.4) is 0 Å². The van der Waals surface area contributed by atoms with Crippen molar-refractivity contribution in [1.29, 1.82) is 0 Å². The van der Waals surface area contributed by atoms with Crippen LogP contribution in [0, 0.1) is 0 Å². The zero-order valence-electron chi connectivity index (χ0n) is 9.15. The molecule has 0 aromatic heterocycles. The van der Waals surface area contributed by atoms with E-state index in [9.17, 15) is 15.0 Å². The molecule has 0 radical (unpaired) electrons. The fourth-order valence-corrected chi connectivity index (χ4v) is 0.965. The molecule has 17 heavy (non-hydrogen) atoms. The van der Waals surface area contributed by atoms with E-state index in [1.54, 1.807) is 0 Å². The quantitative estimate of drug-likeness (QED) is 0.252. The van der Waals surface area contributed by atoms with Crippen LogP contribution in [0.25, 0.3) is 0 Å². The fraction of sp³-hybridized carbons (Fsp3) is 0.889. The summed E-state index contributed by atoms with van der Waals surface area (Å²) in [5, 5.41) is 45.1. The molecule has 0 saturated carbocycles. The van der Waals surface area contributed by atoms with Gasteiger partial charge in [-0.1, -0.05) is 0 Å². The third-order valence-corrected chi connectivity index (χ3v) is 2.06. The first kappa shape index (κ1) is 19.9. The van der Waals surface area contributed by atoms with Crippen LogP contribution in [0.1, 0.15) is 13.8 Å². The molecule has 0 aromatic carbocycles.